The van der Waals surface area contributed by atoms with Gasteiger partial charge in [-0.1, -0.05) is 0 Å². The van der Waals surface area contributed by atoms with Gasteiger partial charge < -0.3 is 19.4 Å². The minimum absolute atomic E-state index is 0.0324. The standard InChI is InChI=1S/C12H21N3O3/c1-10(2)15-4-3-14(9-11(15)16)12(17)13-5-7-18-8-6-13/h10H,3-9H2,1-2H3. The molecule has 2 fully saturated rings. The first-order valence-electron chi connectivity index (χ1n) is 6.50. The summed E-state index contributed by atoms with van der Waals surface area (Å²) in [5.74, 6) is 0.0397. The number of carbonyl (C=O) groups is 2. The predicted octanol–water partition coefficient (Wildman–Crippen LogP) is -0.00880. The van der Waals surface area contributed by atoms with Crippen molar-refractivity contribution in [3.63, 3.8) is 0 Å². The summed E-state index contributed by atoms with van der Waals surface area (Å²) in [4.78, 5) is 29.4. The second-order valence-electron chi connectivity index (χ2n) is 4.98. The summed E-state index contributed by atoms with van der Waals surface area (Å²) in [5.41, 5.74) is 0. The molecule has 0 aromatic heterocycles. The Labute approximate surface area is 107 Å². The molecule has 18 heavy (non-hydrogen) atoms. The fraction of sp³-hybridized carbons (Fsp3) is 0.833. The number of piperazine rings is 1. The number of nitrogens with zero attached hydrogens (tertiary/aromatic N) is 3. The summed E-state index contributed by atoms with van der Waals surface area (Å²) in [6.07, 6.45) is 0. The van der Waals surface area contributed by atoms with E-state index in [1.807, 2.05) is 18.7 Å². The molecule has 3 amide bonds. The predicted molar refractivity (Wildman–Crippen MR) is 66.2 cm³/mol. The van der Waals surface area contributed by atoms with E-state index in [1.54, 1.807) is 9.80 Å². The van der Waals surface area contributed by atoms with Crippen molar-refractivity contribution in [1.29, 1.82) is 0 Å². The van der Waals surface area contributed by atoms with Gasteiger partial charge in [-0.3, -0.25) is 4.79 Å². The summed E-state index contributed by atoms with van der Waals surface area (Å²) in [7, 11) is 0. The van der Waals surface area contributed by atoms with E-state index in [2.05, 4.69) is 0 Å². The summed E-state index contributed by atoms with van der Waals surface area (Å²) < 4.78 is 5.22. The highest BCUT2D eigenvalue weighted by atomic mass is 16.5. The van der Waals surface area contributed by atoms with Gasteiger partial charge in [-0.15, -0.1) is 0 Å². The van der Waals surface area contributed by atoms with Crippen LogP contribution in [0, 0.1) is 0 Å². The van der Waals surface area contributed by atoms with Crippen LogP contribution >= 0.6 is 0 Å². The third-order valence-corrected chi connectivity index (χ3v) is 3.43. The van der Waals surface area contributed by atoms with E-state index in [-0.39, 0.29) is 24.5 Å². The fourth-order valence-corrected chi connectivity index (χ4v) is 2.35. The Bertz CT molecular complexity index is 327. The molecule has 0 aromatic rings. The highest BCUT2D eigenvalue weighted by molar-refractivity contribution is 5.85. The lowest BCUT2D eigenvalue weighted by molar-refractivity contribution is -0.136. The van der Waals surface area contributed by atoms with Gasteiger partial charge in [0.2, 0.25) is 5.91 Å². The third kappa shape index (κ3) is 2.75. The lowest BCUT2D eigenvalue weighted by Crippen LogP contribution is -2.58. The van der Waals surface area contributed by atoms with Crippen LogP contribution in [0.3, 0.4) is 0 Å². The summed E-state index contributed by atoms with van der Waals surface area (Å²) in [6, 6.07) is 0.174. The number of rotatable bonds is 1. The van der Waals surface area contributed by atoms with Crippen LogP contribution in [0.5, 0.6) is 0 Å². The zero-order chi connectivity index (χ0) is 13.1. The van der Waals surface area contributed by atoms with Crippen LogP contribution in [0.4, 0.5) is 4.79 Å². The molecule has 2 saturated heterocycles. The van der Waals surface area contributed by atoms with Crippen LogP contribution in [0.2, 0.25) is 0 Å². The molecule has 2 aliphatic rings. The quantitative estimate of drug-likeness (QED) is 0.662. The maximum absolute atomic E-state index is 12.2. The first kappa shape index (κ1) is 13.1. The van der Waals surface area contributed by atoms with E-state index in [0.717, 1.165) is 0 Å². The summed E-state index contributed by atoms with van der Waals surface area (Å²) in [6.45, 7) is 7.88. The molecule has 2 aliphatic heterocycles. The molecule has 0 aliphatic carbocycles. The number of urea groups is 1. The minimum atomic E-state index is -0.0324. The zero-order valence-corrected chi connectivity index (χ0v) is 11.1. The Balaban J connectivity index is 1.91. The number of ether oxygens (including phenoxy) is 1. The molecule has 0 unspecified atom stereocenters. The Morgan fingerprint density at radius 3 is 2.33 bits per heavy atom. The largest absolute Gasteiger partial charge is 0.378 e. The maximum Gasteiger partial charge on any atom is 0.320 e. The Hall–Kier alpha value is -1.30. The highest BCUT2D eigenvalue weighted by Crippen LogP contribution is 2.10. The van der Waals surface area contributed by atoms with Crippen molar-refractivity contribution in [3.8, 4) is 0 Å². The Kier molecular flexibility index (Phi) is 4.06. The van der Waals surface area contributed by atoms with Crippen molar-refractivity contribution in [3.05, 3.63) is 0 Å². The molecule has 2 rings (SSSR count). The number of hydrogen-bond donors (Lipinski definition) is 0. The molecule has 0 N–H and O–H groups in total. The highest BCUT2D eigenvalue weighted by Gasteiger charge is 2.31. The van der Waals surface area contributed by atoms with E-state index in [9.17, 15) is 9.59 Å². The van der Waals surface area contributed by atoms with Gasteiger partial charge >= 0.3 is 6.03 Å². The molecule has 102 valence electrons. The summed E-state index contributed by atoms with van der Waals surface area (Å²) in [5, 5.41) is 0. The maximum atomic E-state index is 12.2. The Morgan fingerprint density at radius 1 is 1.11 bits per heavy atom. The van der Waals surface area contributed by atoms with Crippen LogP contribution < -0.4 is 0 Å². The zero-order valence-electron chi connectivity index (χ0n) is 11.1. The lowest BCUT2D eigenvalue weighted by atomic mass is 10.2. The molecular weight excluding hydrogens is 234 g/mol. The summed E-state index contributed by atoms with van der Waals surface area (Å²) >= 11 is 0. The van der Waals surface area contributed by atoms with Crippen molar-refractivity contribution >= 4 is 11.9 Å². The second-order valence-corrected chi connectivity index (χ2v) is 4.98. The van der Waals surface area contributed by atoms with Crippen LogP contribution in [-0.2, 0) is 9.53 Å². The monoisotopic (exact) mass is 255 g/mol. The third-order valence-electron chi connectivity index (χ3n) is 3.43. The second kappa shape index (κ2) is 5.56. The molecule has 2 heterocycles. The lowest BCUT2D eigenvalue weighted by Gasteiger charge is -2.39. The van der Waals surface area contributed by atoms with Crippen molar-refractivity contribution in [2.75, 3.05) is 45.9 Å². The van der Waals surface area contributed by atoms with Crippen molar-refractivity contribution in [2.24, 2.45) is 0 Å². The first-order valence-corrected chi connectivity index (χ1v) is 6.50. The fourth-order valence-electron chi connectivity index (χ4n) is 2.35. The van der Waals surface area contributed by atoms with Gasteiger partial charge in [-0.2, -0.15) is 0 Å². The topological polar surface area (TPSA) is 53.1 Å². The molecular formula is C12H21N3O3. The average molecular weight is 255 g/mol. The van der Waals surface area contributed by atoms with Gasteiger partial charge in [0.15, 0.2) is 0 Å². The number of morpholine rings is 1. The molecule has 6 heteroatoms. The van der Waals surface area contributed by atoms with Crippen molar-refractivity contribution in [2.45, 2.75) is 19.9 Å². The molecule has 0 aromatic carbocycles. The van der Waals surface area contributed by atoms with Gasteiger partial charge in [0.1, 0.15) is 6.54 Å². The van der Waals surface area contributed by atoms with E-state index < -0.39 is 0 Å². The van der Waals surface area contributed by atoms with E-state index in [4.69, 9.17) is 4.74 Å². The number of hydrogen-bond acceptors (Lipinski definition) is 3. The number of carbonyl (C=O) groups excluding carboxylic acids is 2. The molecule has 6 nitrogen and oxygen atoms in total. The minimum Gasteiger partial charge on any atom is -0.378 e. The van der Waals surface area contributed by atoms with Gasteiger partial charge in [-0.25, -0.2) is 4.79 Å². The first-order chi connectivity index (χ1) is 8.59. The van der Waals surface area contributed by atoms with E-state index >= 15 is 0 Å². The van der Waals surface area contributed by atoms with E-state index in [0.29, 0.717) is 39.4 Å². The molecule has 0 bridgehead atoms. The van der Waals surface area contributed by atoms with Crippen LogP contribution in [0.15, 0.2) is 0 Å². The van der Waals surface area contributed by atoms with Gasteiger partial charge in [0.05, 0.1) is 13.2 Å². The molecule has 0 atom stereocenters. The smallest absolute Gasteiger partial charge is 0.320 e. The van der Waals surface area contributed by atoms with Crippen LogP contribution in [-0.4, -0.2) is 78.6 Å². The molecule has 0 radical (unpaired) electrons. The van der Waals surface area contributed by atoms with Gasteiger partial charge in [0, 0.05) is 32.2 Å². The molecule has 0 spiro atoms. The average Bonchev–Trinajstić information content (AvgIpc) is 2.38. The van der Waals surface area contributed by atoms with Crippen molar-refractivity contribution in [1.82, 2.24) is 14.7 Å². The molecule has 0 saturated carbocycles. The van der Waals surface area contributed by atoms with E-state index in [1.165, 1.54) is 0 Å². The van der Waals surface area contributed by atoms with Gasteiger partial charge in [0.25, 0.3) is 0 Å². The van der Waals surface area contributed by atoms with Gasteiger partial charge in [-0.05, 0) is 13.8 Å². The normalized spacial score (nSPS) is 21.7. The Morgan fingerprint density at radius 2 is 1.78 bits per heavy atom. The van der Waals surface area contributed by atoms with Crippen molar-refractivity contribution < 1.29 is 14.3 Å². The number of amides is 3. The van der Waals surface area contributed by atoms with Crippen LogP contribution in [0.1, 0.15) is 13.8 Å². The van der Waals surface area contributed by atoms with Crippen LogP contribution in [0.25, 0.3) is 0 Å². The SMILES string of the molecule is CC(C)N1CCN(C(=O)N2CCOCC2)CC1=O.